The van der Waals surface area contributed by atoms with Crippen molar-refractivity contribution in [3.8, 4) is 5.75 Å². The molecule has 2 aromatic carbocycles. The van der Waals surface area contributed by atoms with Gasteiger partial charge in [-0.3, -0.25) is 14.6 Å². The Balaban J connectivity index is 1.82. The molecule has 1 aliphatic heterocycles. The fourth-order valence-electron chi connectivity index (χ4n) is 5.52. The number of carbonyl (C=O) groups excluding carboxylic acids is 3. The van der Waals surface area contributed by atoms with Crippen LogP contribution in [0.5, 0.6) is 5.75 Å². The van der Waals surface area contributed by atoms with Crippen LogP contribution in [0, 0.1) is 0 Å². The van der Waals surface area contributed by atoms with Crippen LogP contribution in [0.2, 0.25) is 0 Å². The number of hydrogen-bond acceptors (Lipinski definition) is 7. The van der Waals surface area contributed by atoms with Crippen LogP contribution in [0.25, 0.3) is 0 Å². The molecule has 0 unspecified atom stereocenters. The van der Waals surface area contributed by atoms with Gasteiger partial charge in [-0.1, -0.05) is 0 Å². The van der Waals surface area contributed by atoms with Gasteiger partial charge in [0.1, 0.15) is 5.75 Å². The van der Waals surface area contributed by atoms with Crippen LogP contribution in [-0.2, 0) is 34.8 Å². The molecule has 3 aromatic rings. The van der Waals surface area contributed by atoms with Gasteiger partial charge in [0.2, 0.25) is 0 Å². The second-order valence-corrected chi connectivity index (χ2v) is 10.9. The van der Waals surface area contributed by atoms with Gasteiger partial charge in [-0.25, -0.2) is 14.6 Å². The number of imidazole rings is 1. The third kappa shape index (κ3) is 7.94. The third-order valence-corrected chi connectivity index (χ3v) is 7.70. The van der Waals surface area contributed by atoms with Crippen LogP contribution in [0.1, 0.15) is 64.6 Å². The largest absolute Gasteiger partial charge is 0.496 e. The predicted molar refractivity (Wildman–Crippen MR) is 158 cm³/mol. The van der Waals surface area contributed by atoms with Gasteiger partial charge in [-0.15, -0.1) is 0 Å². The van der Waals surface area contributed by atoms with Crippen LogP contribution >= 0.6 is 0 Å². The first kappa shape index (κ1) is 35.9. The minimum atomic E-state index is -5.11. The molecule has 0 saturated carbocycles. The van der Waals surface area contributed by atoms with Crippen LogP contribution < -0.4 is 15.0 Å². The van der Waals surface area contributed by atoms with Gasteiger partial charge in [-0.05, 0) is 56.2 Å². The van der Waals surface area contributed by atoms with E-state index in [2.05, 4.69) is 15.3 Å². The maximum absolute atomic E-state index is 13.6. The number of anilines is 1. The molecular weight excluding hydrogens is 652 g/mol. The first-order chi connectivity index (χ1) is 22.6. The standard InChI is InChI=1S/C31H33F6N5O6/c1-5-48-29(45)42-17(2)8-24(22-13-26(46-3)23(12-25(22)42)27(43)39-7-6-21-14-38-16-40-21)41(28(44)47-4)15-18-9-19(30(32,33)34)11-20(10-18)31(35,36)37/h9-14,16-17,24H,5-8,15H2,1-4H3,(H,38,40)(H,39,43)/t17-,24+/m1/s1. The van der Waals surface area contributed by atoms with Gasteiger partial charge >= 0.3 is 24.5 Å². The molecule has 4 rings (SSSR count). The number of rotatable bonds is 9. The quantitative estimate of drug-likeness (QED) is 0.247. The molecule has 17 heteroatoms. The number of benzene rings is 2. The molecule has 3 amide bonds. The number of hydrogen-bond donors (Lipinski definition) is 2. The van der Waals surface area contributed by atoms with E-state index in [0.717, 1.165) is 17.7 Å². The fourth-order valence-corrected chi connectivity index (χ4v) is 5.52. The normalized spacial score (nSPS) is 16.2. The molecule has 260 valence electrons. The summed E-state index contributed by atoms with van der Waals surface area (Å²) in [6.07, 6.45) is -8.59. The molecular formula is C31H33F6N5O6. The minimum absolute atomic E-state index is 0.00326. The summed E-state index contributed by atoms with van der Waals surface area (Å²) in [5.41, 5.74) is -2.46. The predicted octanol–water partition coefficient (Wildman–Crippen LogP) is 6.49. The number of ether oxygens (including phenoxy) is 3. The van der Waals surface area contributed by atoms with Crippen LogP contribution in [0.3, 0.4) is 0 Å². The summed E-state index contributed by atoms with van der Waals surface area (Å²) in [4.78, 5) is 48.8. The van der Waals surface area contributed by atoms with Crippen molar-refractivity contribution in [3.05, 3.63) is 76.4 Å². The van der Waals surface area contributed by atoms with Gasteiger partial charge in [0.15, 0.2) is 0 Å². The maximum atomic E-state index is 13.6. The number of nitrogens with one attached hydrogen (secondary N) is 2. The van der Waals surface area contributed by atoms with E-state index in [0.29, 0.717) is 18.6 Å². The molecule has 11 nitrogen and oxygen atoms in total. The fraction of sp³-hybridized carbons (Fsp3) is 0.419. The number of amides is 3. The zero-order valence-electron chi connectivity index (χ0n) is 26.3. The highest BCUT2D eigenvalue weighted by Gasteiger charge is 2.42. The van der Waals surface area contributed by atoms with Gasteiger partial charge in [0.05, 0.1) is 55.6 Å². The van der Waals surface area contributed by atoms with E-state index in [1.54, 1.807) is 20.0 Å². The Morgan fingerprint density at radius 3 is 2.25 bits per heavy atom. The van der Waals surface area contributed by atoms with Gasteiger partial charge in [0, 0.05) is 43.0 Å². The Morgan fingerprint density at radius 1 is 1.04 bits per heavy atom. The molecule has 0 radical (unpaired) electrons. The van der Waals surface area contributed by atoms with Crippen molar-refractivity contribution in [2.24, 2.45) is 0 Å². The Bertz CT molecular complexity index is 1600. The van der Waals surface area contributed by atoms with Crippen LogP contribution in [-0.4, -0.2) is 66.4 Å². The highest BCUT2D eigenvalue weighted by molar-refractivity contribution is 6.00. The van der Waals surface area contributed by atoms with Crippen molar-refractivity contribution in [2.45, 2.75) is 57.7 Å². The van der Waals surface area contributed by atoms with Crippen molar-refractivity contribution in [1.29, 1.82) is 0 Å². The van der Waals surface area contributed by atoms with E-state index in [9.17, 15) is 40.7 Å². The highest BCUT2D eigenvalue weighted by atomic mass is 19.4. The van der Waals surface area contributed by atoms with E-state index in [4.69, 9.17) is 14.2 Å². The highest BCUT2D eigenvalue weighted by Crippen LogP contribution is 2.45. The lowest BCUT2D eigenvalue weighted by atomic mass is 9.89. The van der Waals surface area contributed by atoms with E-state index in [-0.39, 0.29) is 48.2 Å². The number of carbonyl (C=O) groups is 3. The molecule has 2 heterocycles. The molecule has 0 fully saturated rings. The summed E-state index contributed by atoms with van der Waals surface area (Å²) in [5, 5.41) is 2.76. The van der Waals surface area contributed by atoms with Crippen molar-refractivity contribution in [3.63, 3.8) is 0 Å². The van der Waals surface area contributed by atoms with Gasteiger partial charge < -0.3 is 24.5 Å². The van der Waals surface area contributed by atoms with E-state index in [1.165, 1.54) is 30.5 Å². The smallest absolute Gasteiger partial charge is 0.416 e. The van der Waals surface area contributed by atoms with Gasteiger partial charge in [-0.2, -0.15) is 26.3 Å². The van der Waals surface area contributed by atoms with Crippen LogP contribution in [0.15, 0.2) is 42.9 Å². The second-order valence-electron chi connectivity index (χ2n) is 10.9. The van der Waals surface area contributed by atoms with Gasteiger partial charge in [0.25, 0.3) is 5.91 Å². The van der Waals surface area contributed by atoms with E-state index >= 15 is 0 Å². The SMILES string of the molecule is CCOC(=O)N1c2cc(C(=O)NCCc3cnc[nH]3)c(OC)cc2[C@@H](N(Cc2cc(C(F)(F)F)cc(C(F)(F)F)c2)C(=O)OC)C[C@H]1C. The average Bonchev–Trinajstić information content (AvgIpc) is 3.55. The van der Waals surface area contributed by atoms with Crippen molar-refractivity contribution < 1.29 is 54.9 Å². The molecule has 48 heavy (non-hydrogen) atoms. The lowest BCUT2D eigenvalue weighted by molar-refractivity contribution is -0.143. The zero-order valence-corrected chi connectivity index (χ0v) is 26.3. The number of aromatic amines is 1. The van der Waals surface area contributed by atoms with Crippen molar-refractivity contribution >= 4 is 23.8 Å². The van der Waals surface area contributed by atoms with E-state index in [1.807, 2.05) is 0 Å². The van der Waals surface area contributed by atoms with E-state index < -0.39 is 65.8 Å². The topological polar surface area (TPSA) is 126 Å². The second kappa shape index (κ2) is 14.4. The number of nitrogens with zero attached hydrogens (tertiary/aromatic N) is 3. The Hall–Kier alpha value is -4.96. The third-order valence-electron chi connectivity index (χ3n) is 7.70. The Morgan fingerprint density at radius 2 is 1.71 bits per heavy atom. The molecule has 0 aliphatic carbocycles. The molecule has 2 atom stereocenters. The summed E-state index contributed by atoms with van der Waals surface area (Å²) in [5.74, 6) is -0.541. The number of fused-ring (bicyclic) bond motifs is 1. The summed E-state index contributed by atoms with van der Waals surface area (Å²) >= 11 is 0. The number of halogens is 6. The first-order valence-electron chi connectivity index (χ1n) is 14.6. The summed E-state index contributed by atoms with van der Waals surface area (Å²) in [6.45, 7) is 2.68. The number of H-pyrrole nitrogens is 1. The number of aromatic nitrogens is 2. The summed E-state index contributed by atoms with van der Waals surface area (Å²) in [7, 11) is 2.30. The Kier molecular flexibility index (Phi) is 10.8. The zero-order chi connectivity index (χ0) is 35.4. The average molecular weight is 686 g/mol. The number of methoxy groups -OCH3 is 2. The molecule has 2 N–H and O–H groups in total. The molecule has 1 aliphatic rings. The molecule has 0 spiro atoms. The Labute approximate surface area is 271 Å². The van der Waals surface area contributed by atoms with Crippen molar-refractivity contribution in [1.82, 2.24) is 20.2 Å². The minimum Gasteiger partial charge on any atom is -0.496 e. The summed E-state index contributed by atoms with van der Waals surface area (Å²) in [6, 6.07) is 2.01. The first-order valence-corrected chi connectivity index (χ1v) is 14.6. The lowest BCUT2D eigenvalue weighted by Gasteiger charge is -2.42. The van der Waals surface area contributed by atoms with Crippen LogP contribution in [0.4, 0.5) is 41.6 Å². The number of alkyl halides is 6. The lowest BCUT2D eigenvalue weighted by Crippen LogP contribution is -2.48. The monoisotopic (exact) mass is 685 g/mol. The molecule has 1 aromatic heterocycles. The van der Waals surface area contributed by atoms with Crippen molar-refractivity contribution in [2.75, 3.05) is 32.3 Å². The molecule has 0 saturated heterocycles. The maximum Gasteiger partial charge on any atom is 0.416 e. The molecule has 0 bridgehead atoms. The summed E-state index contributed by atoms with van der Waals surface area (Å²) < 4.78 is 97.5.